The van der Waals surface area contributed by atoms with Crippen molar-refractivity contribution in [2.24, 2.45) is 0 Å². The first-order chi connectivity index (χ1) is 10.1. The number of benzene rings is 1. The molecule has 3 rings (SSSR count). The summed E-state index contributed by atoms with van der Waals surface area (Å²) >= 11 is 0. The number of carbonyl (C=O) groups excluding carboxylic acids is 1. The standard InChI is InChI=1S/C18H22N2O/c1-13-10-15(14(2)21)8-9-18(13)16-11-19-20(12-16)17-6-4-3-5-7-17/h8-12,17H,3-7H2,1-2H3. The molecule has 1 aliphatic carbocycles. The Hall–Kier alpha value is -1.90. The Labute approximate surface area is 126 Å². The van der Waals surface area contributed by atoms with E-state index in [1.165, 1.54) is 37.7 Å². The summed E-state index contributed by atoms with van der Waals surface area (Å²) < 4.78 is 2.13. The molecule has 1 fully saturated rings. The Morgan fingerprint density at radius 2 is 2.00 bits per heavy atom. The molecule has 0 amide bonds. The molecular formula is C18H22N2O. The van der Waals surface area contributed by atoms with Gasteiger partial charge in [-0.05, 0) is 43.9 Å². The van der Waals surface area contributed by atoms with Gasteiger partial charge < -0.3 is 0 Å². The summed E-state index contributed by atoms with van der Waals surface area (Å²) in [6, 6.07) is 6.47. The average Bonchev–Trinajstić information content (AvgIpc) is 2.97. The van der Waals surface area contributed by atoms with E-state index in [-0.39, 0.29) is 5.78 Å². The molecule has 0 bridgehead atoms. The van der Waals surface area contributed by atoms with E-state index >= 15 is 0 Å². The van der Waals surface area contributed by atoms with Crippen LogP contribution in [0.15, 0.2) is 30.6 Å². The van der Waals surface area contributed by atoms with Crippen molar-refractivity contribution >= 4 is 5.78 Å². The van der Waals surface area contributed by atoms with Gasteiger partial charge >= 0.3 is 0 Å². The first kappa shape index (κ1) is 14.1. The maximum absolute atomic E-state index is 11.4. The van der Waals surface area contributed by atoms with Crippen molar-refractivity contribution < 1.29 is 4.79 Å². The number of hydrogen-bond acceptors (Lipinski definition) is 2. The molecule has 0 atom stereocenters. The molecular weight excluding hydrogens is 260 g/mol. The summed E-state index contributed by atoms with van der Waals surface area (Å²) in [6.07, 6.45) is 10.6. The normalized spacial score (nSPS) is 16.1. The molecule has 2 aromatic rings. The minimum absolute atomic E-state index is 0.113. The number of Topliss-reactive ketones (excluding diaryl/α,β-unsaturated/α-hetero) is 1. The number of aryl methyl sites for hydroxylation is 1. The molecule has 3 heteroatoms. The molecule has 0 saturated heterocycles. The Bertz CT molecular complexity index is 651. The summed E-state index contributed by atoms with van der Waals surface area (Å²) in [4.78, 5) is 11.4. The van der Waals surface area contributed by atoms with Gasteiger partial charge in [-0.15, -0.1) is 0 Å². The van der Waals surface area contributed by atoms with Gasteiger partial charge in [-0.3, -0.25) is 9.48 Å². The molecule has 1 aromatic carbocycles. The topological polar surface area (TPSA) is 34.9 Å². The fraction of sp³-hybridized carbons (Fsp3) is 0.444. The van der Waals surface area contributed by atoms with Crippen LogP contribution in [0.3, 0.4) is 0 Å². The van der Waals surface area contributed by atoms with Crippen molar-refractivity contribution in [3.05, 3.63) is 41.7 Å². The third kappa shape index (κ3) is 2.92. The van der Waals surface area contributed by atoms with Gasteiger partial charge in [-0.25, -0.2) is 0 Å². The van der Waals surface area contributed by atoms with Crippen LogP contribution in [-0.4, -0.2) is 15.6 Å². The highest BCUT2D eigenvalue weighted by Gasteiger charge is 2.16. The van der Waals surface area contributed by atoms with E-state index in [4.69, 9.17) is 0 Å². The van der Waals surface area contributed by atoms with E-state index in [2.05, 4.69) is 22.9 Å². The van der Waals surface area contributed by atoms with E-state index in [0.29, 0.717) is 6.04 Å². The van der Waals surface area contributed by atoms with E-state index in [0.717, 1.165) is 16.7 Å². The van der Waals surface area contributed by atoms with E-state index in [1.807, 2.05) is 24.4 Å². The average molecular weight is 282 g/mol. The molecule has 0 N–H and O–H groups in total. The van der Waals surface area contributed by atoms with Crippen molar-refractivity contribution in [1.82, 2.24) is 9.78 Å². The van der Waals surface area contributed by atoms with E-state index < -0.39 is 0 Å². The second-order valence-electron chi connectivity index (χ2n) is 6.09. The molecule has 1 aliphatic rings. The van der Waals surface area contributed by atoms with Gasteiger partial charge in [0.2, 0.25) is 0 Å². The molecule has 21 heavy (non-hydrogen) atoms. The van der Waals surface area contributed by atoms with Crippen LogP contribution in [0.5, 0.6) is 0 Å². The lowest BCUT2D eigenvalue weighted by Crippen LogP contribution is -2.12. The lowest BCUT2D eigenvalue weighted by Gasteiger charge is -2.21. The summed E-state index contributed by atoms with van der Waals surface area (Å²) in [5.41, 5.74) is 4.22. The van der Waals surface area contributed by atoms with Gasteiger partial charge in [0.25, 0.3) is 0 Å². The van der Waals surface area contributed by atoms with Gasteiger partial charge in [0.15, 0.2) is 5.78 Å². The third-order valence-corrected chi connectivity index (χ3v) is 4.49. The molecule has 1 aromatic heterocycles. The number of ketones is 1. The highest BCUT2D eigenvalue weighted by molar-refractivity contribution is 5.94. The van der Waals surface area contributed by atoms with Gasteiger partial charge in [-0.2, -0.15) is 5.10 Å². The molecule has 0 spiro atoms. The predicted molar refractivity (Wildman–Crippen MR) is 84.5 cm³/mol. The van der Waals surface area contributed by atoms with Gasteiger partial charge in [-0.1, -0.05) is 31.4 Å². The molecule has 110 valence electrons. The smallest absolute Gasteiger partial charge is 0.159 e. The lowest BCUT2D eigenvalue weighted by atomic mass is 9.95. The van der Waals surface area contributed by atoms with Crippen LogP contribution in [0.2, 0.25) is 0 Å². The molecule has 0 unspecified atom stereocenters. The second kappa shape index (κ2) is 5.84. The second-order valence-corrected chi connectivity index (χ2v) is 6.09. The summed E-state index contributed by atoms with van der Waals surface area (Å²) in [6.45, 7) is 3.66. The minimum atomic E-state index is 0.113. The van der Waals surface area contributed by atoms with Gasteiger partial charge in [0.05, 0.1) is 12.2 Å². The fourth-order valence-electron chi connectivity index (χ4n) is 3.23. The maximum Gasteiger partial charge on any atom is 0.159 e. The maximum atomic E-state index is 11.4. The number of hydrogen-bond donors (Lipinski definition) is 0. The van der Waals surface area contributed by atoms with E-state index in [9.17, 15) is 4.79 Å². The quantitative estimate of drug-likeness (QED) is 0.773. The van der Waals surface area contributed by atoms with Crippen LogP contribution in [-0.2, 0) is 0 Å². The lowest BCUT2D eigenvalue weighted by molar-refractivity contribution is 0.101. The number of carbonyl (C=O) groups is 1. The number of rotatable bonds is 3. The van der Waals surface area contributed by atoms with Crippen LogP contribution < -0.4 is 0 Å². The van der Waals surface area contributed by atoms with Crippen molar-refractivity contribution in [2.75, 3.05) is 0 Å². The fourth-order valence-corrected chi connectivity index (χ4v) is 3.23. The molecule has 0 radical (unpaired) electrons. The summed E-state index contributed by atoms with van der Waals surface area (Å²) in [5, 5.41) is 4.56. The van der Waals surface area contributed by atoms with Crippen LogP contribution in [0.4, 0.5) is 0 Å². The SMILES string of the molecule is CC(=O)c1ccc(-c2cnn(C3CCCCC3)c2)c(C)c1. The zero-order valence-electron chi connectivity index (χ0n) is 12.8. The Balaban J connectivity index is 1.87. The van der Waals surface area contributed by atoms with Gasteiger partial charge in [0.1, 0.15) is 0 Å². The molecule has 1 saturated carbocycles. The van der Waals surface area contributed by atoms with Crippen molar-refractivity contribution in [3.63, 3.8) is 0 Å². The van der Waals surface area contributed by atoms with Crippen LogP contribution in [0, 0.1) is 6.92 Å². The minimum Gasteiger partial charge on any atom is -0.295 e. The van der Waals surface area contributed by atoms with E-state index in [1.54, 1.807) is 6.92 Å². The molecule has 0 aliphatic heterocycles. The highest BCUT2D eigenvalue weighted by atomic mass is 16.1. The zero-order valence-corrected chi connectivity index (χ0v) is 12.8. The first-order valence-corrected chi connectivity index (χ1v) is 7.81. The monoisotopic (exact) mass is 282 g/mol. The Morgan fingerprint density at radius 3 is 2.67 bits per heavy atom. The van der Waals surface area contributed by atoms with Crippen LogP contribution in [0.25, 0.3) is 11.1 Å². The Morgan fingerprint density at radius 1 is 1.24 bits per heavy atom. The molecule has 1 heterocycles. The van der Waals surface area contributed by atoms with Crippen molar-refractivity contribution in [3.8, 4) is 11.1 Å². The molecule has 3 nitrogen and oxygen atoms in total. The summed E-state index contributed by atoms with van der Waals surface area (Å²) in [5.74, 6) is 0.113. The zero-order chi connectivity index (χ0) is 14.8. The predicted octanol–water partition coefficient (Wildman–Crippen LogP) is 4.57. The number of nitrogens with zero attached hydrogens (tertiary/aromatic N) is 2. The largest absolute Gasteiger partial charge is 0.295 e. The van der Waals surface area contributed by atoms with Crippen molar-refractivity contribution in [1.29, 1.82) is 0 Å². The summed E-state index contributed by atoms with van der Waals surface area (Å²) in [7, 11) is 0. The highest BCUT2D eigenvalue weighted by Crippen LogP contribution is 2.30. The third-order valence-electron chi connectivity index (χ3n) is 4.49. The van der Waals surface area contributed by atoms with Crippen LogP contribution in [0.1, 0.15) is 61.0 Å². The van der Waals surface area contributed by atoms with Crippen molar-refractivity contribution in [2.45, 2.75) is 52.0 Å². The number of aromatic nitrogens is 2. The Kier molecular flexibility index (Phi) is 3.91. The van der Waals surface area contributed by atoms with Crippen LogP contribution >= 0.6 is 0 Å². The van der Waals surface area contributed by atoms with Gasteiger partial charge in [0, 0.05) is 17.3 Å². The first-order valence-electron chi connectivity index (χ1n) is 7.81.